The van der Waals surface area contributed by atoms with Crippen LogP contribution in [0.25, 0.3) is 0 Å². The minimum Gasteiger partial charge on any atom is -0.508 e. The number of benzene rings is 1. The lowest BCUT2D eigenvalue weighted by Gasteiger charge is -2.15. The summed E-state index contributed by atoms with van der Waals surface area (Å²) in [6.07, 6.45) is -4.48. The smallest absolute Gasteiger partial charge is 0.407 e. The average Bonchev–Trinajstić information content (AvgIpc) is 2.01. The van der Waals surface area contributed by atoms with E-state index in [2.05, 4.69) is 0 Å². The fraction of sp³-hybridized carbons (Fsp3) is 0.250. The van der Waals surface area contributed by atoms with Crippen LogP contribution in [0.15, 0.2) is 24.3 Å². The van der Waals surface area contributed by atoms with E-state index >= 15 is 0 Å². The van der Waals surface area contributed by atoms with E-state index in [0.717, 1.165) is 6.07 Å². The average molecular weight is 228 g/mol. The van der Waals surface area contributed by atoms with Gasteiger partial charge in [-0.05, 0) is 17.7 Å². The molecule has 1 rings (SSSR count). The van der Waals surface area contributed by atoms with Gasteiger partial charge in [-0.3, -0.25) is 0 Å². The van der Waals surface area contributed by atoms with Gasteiger partial charge in [0.1, 0.15) is 11.8 Å². The molecule has 0 spiro atoms. The van der Waals surface area contributed by atoms with Crippen molar-refractivity contribution >= 4 is 12.4 Å². The van der Waals surface area contributed by atoms with Gasteiger partial charge >= 0.3 is 6.18 Å². The summed E-state index contributed by atoms with van der Waals surface area (Å²) in [5, 5.41) is 8.90. The Morgan fingerprint density at radius 1 is 1.29 bits per heavy atom. The van der Waals surface area contributed by atoms with Crippen molar-refractivity contribution in [2.75, 3.05) is 0 Å². The summed E-state index contributed by atoms with van der Waals surface area (Å²) in [5.74, 6) is -0.225. The molecule has 0 radical (unpaired) electrons. The van der Waals surface area contributed by atoms with Gasteiger partial charge in [0.2, 0.25) is 0 Å². The van der Waals surface area contributed by atoms with E-state index in [0.29, 0.717) is 0 Å². The highest BCUT2D eigenvalue weighted by molar-refractivity contribution is 5.85. The van der Waals surface area contributed by atoms with E-state index in [4.69, 9.17) is 10.8 Å². The van der Waals surface area contributed by atoms with Crippen molar-refractivity contribution in [3.05, 3.63) is 29.8 Å². The molecule has 2 nitrogen and oxygen atoms in total. The van der Waals surface area contributed by atoms with E-state index in [1.165, 1.54) is 18.2 Å². The third-order valence-corrected chi connectivity index (χ3v) is 1.58. The molecule has 0 heterocycles. The maximum Gasteiger partial charge on any atom is 0.407 e. The van der Waals surface area contributed by atoms with Crippen molar-refractivity contribution in [3.63, 3.8) is 0 Å². The Morgan fingerprint density at radius 3 is 2.29 bits per heavy atom. The van der Waals surface area contributed by atoms with Crippen molar-refractivity contribution in [1.82, 2.24) is 0 Å². The SMILES string of the molecule is Cl.N[C@@H](c1cccc(O)c1)C(F)(F)F. The largest absolute Gasteiger partial charge is 0.508 e. The Labute approximate surface area is 84.9 Å². The van der Waals surface area contributed by atoms with Gasteiger partial charge < -0.3 is 10.8 Å². The highest BCUT2D eigenvalue weighted by atomic mass is 35.5. The normalized spacial score (nSPS) is 13.1. The van der Waals surface area contributed by atoms with Gasteiger partial charge in [0.15, 0.2) is 0 Å². The number of aromatic hydroxyl groups is 1. The molecule has 1 aromatic carbocycles. The van der Waals surface area contributed by atoms with Crippen LogP contribution in [0, 0.1) is 0 Å². The summed E-state index contributed by atoms with van der Waals surface area (Å²) < 4.78 is 36.2. The van der Waals surface area contributed by atoms with Crippen LogP contribution in [0.5, 0.6) is 5.75 Å². The molecule has 0 unspecified atom stereocenters. The standard InChI is InChI=1S/C8H8F3NO.ClH/c9-8(10,11)7(12)5-2-1-3-6(13)4-5;/h1-4,7,13H,12H2;1H/t7-;/m0./s1. The summed E-state index contributed by atoms with van der Waals surface area (Å²) in [6.45, 7) is 0. The van der Waals surface area contributed by atoms with Crippen molar-refractivity contribution < 1.29 is 18.3 Å². The van der Waals surface area contributed by atoms with E-state index in [-0.39, 0.29) is 23.7 Å². The van der Waals surface area contributed by atoms with E-state index in [1.807, 2.05) is 0 Å². The number of halogens is 4. The molecule has 80 valence electrons. The zero-order valence-corrected chi connectivity index (χ0v) is 7.77. The second-order valence-electron chi connectivity index (χ2n) is 2.61. The van der Waals surface area contributed by atoms with Crippen LogP contribution in [-0.2, 0) is 0 Å². The summed E-state index contributed by atoms with van der Waals surface area (Å²) >= 11 is 0. The van der Waals surface area contributed by atoms with Crippen molar-refractivity contribution in [2.24, 2.45) is 5.73 Å². The summed E-state index contributed by atoms with van der Waals surface area (Å²) in [7, 11) is 0. The number of alkyl halides is 3. The zero-order chi connectivity index (χ0) is 10.1. The number of hydrogen-bond acceptors (Lipinski definition) is 2. The molecular formula is C8H9ClF3NO. The predicted octanol–water partition coefficient (Wildman–Crippen LogP) is 2.38. The first kappa shape index (κ1) is 13.1. The van der Waals surface area contributed by atoms with Gasteiger partial charge in [0, 0.05) is 0 Å². The monoisotopic (exact) mass is 227 g/mol. The van der Waals surface area contributed by atoms with Crippen molar-refractivity contribution in [1.29, 1.82) is 0 Å². The molecule has 3 N–H and O–H groups in total. The molecule has 0 fully saturated rings. The second-order valence-corrected chi connectivity index (χ2v) is 2.61. The lowest BCUT2D eigenvalue weighted by molar-refractivity contribution is -0.149. The Bertz CT molecular complexity index is 303. The summed E-state index contributed by atoms with van der Waals surface area (Å²) in [6, 6.07) is 2.78. The van der Waals surface area contributed by atoms with Crippen LogP contribution < -0.4 is 5.73 Å². The molecule has 14 heavy (non-hydrogen) atoms. The summed E-state index contributed by atoms with van der Waals surface area (Å²) in [5.41, 5.74) is 4.76. The fourth-order valence-electron chi connectivity index (χ4n) is 0.907. The second kappa shape index (κ2) is 4.52. The summed E-state index contributed by atoms with van der Waals surface area (Å²) in [4.78, 5) is 0. The van der Waals surface area contributed by atoms with E-state index in [1.54, 1.807) is 0 Å². The van der Waals surface area contributed by atoms with Crippen LogP contribution in [0.4, 0.5) is 13.2 Å². The molecule has 0 aliphatic heterocycles. The molecule has 0 amide bonds. The number of nitrogens with two attached hydrogens (primary N) is 1. The molecule has 0 aliphatic rings. The van der Waals surface area contributed by atoms with Crippen molar-refractivity contribution in [3.8, 4) is 5.75 Å². The van der Waals surface area contributed by atoms with Crippen LogP contribution in [-0.4, -0.2) is 11.3 Å². The molecule has 0 aromatic heterocycles. The molecule has 6 heteroatoms. The van der Waals surface area contributed by atoms with Gasteiger partial charge in [-0.1, -0.05) is 12.1 Å². The maximum atomic E-state index is 12.1. The Kier molecular flexibility index (Phi) is 4.22. The third kappa shape index (κ3) is 3.08. The van der Waals surface area contributed by atoms with Crippen LogP contribution in [0.3, 0.4) is 0 Å². The molecule has 1 atom stereocenters. The molecule has 0 aliphatic carbocycles. The Morgan fingerprint density at radius 2 is 1.86 bits per heavy atom. The van der Waals surface area contributed by atoms with Gasteiger partial charge in [-0.15, -0.1) is 12.4 Å². The van der Waals surface area contributed by atoms with Gasteiger partial charge in [0.05, 0.1) is 0 Å². The van der Waals surface area contributed by atoms with Gasteiger partial charge in [-0.25, -0.2) is 0 Å². The first-order valence-corrected chi connectivity index (χ1v) is 3.52. The molecule has 1 aromatic rings. The molecular weight excluding hydrogens is 219 g/mol. The third-order valence-electron chi connectivity index (χ3n) is 1.58. The Hall–Kier alpha value is -0.940. The zero-order valence-electron chi connectivity index (χ0n) is 6.95. The molecule has 0 bridgehead atoms. The number of phenols is 1. The van der Waals surface area contributed by atoms with Crippen LogP contribution in [0.2, 0.25) is 0 Å². The lowest BCUT2D eigenvalue weighted by atomic mass is 10.1. The number of phenolic OH excluding ortho intramolecular Hbond substituents is 1. The lowest BCUT2D eigenvalue weighted by Crippen LogP contribution is -2.28. The topological polar surface area (TPSA) is 46.2 Å². The number of hydrogen-bond donors (Lipinski definition) is 2. The predicted molar refractivity (Wildman–Crippen MR) is 48.3 cm³/mol. The molecule has 0 saturated carbocycles. The Balaban J connectivity index is 0.00000169. The first-order chi connectivity index (χ1) is 5.91. The minimum atomic E-state index is -4.48. The number of rotatable bonds is 1. The van der Waals surface area contributed by atoms with Crippen LogP contribution >= 0.6 is 12.4 Å². The fourth-order valence-corrected chi connectivity index (χ4v) is 0.907. The molecule has 0 saturated heterocycles. The maximum absolute atomic E-state index is 12.1. The van der Waals surface area contributed by atoms with Gasteiger partial charge in [0.25, 0.3) is 0 Å². The minimum absolute atomic E-state index is 0. The van der Waals surface area contributed by atoms with Crippen molar-refractivity contribution in [2.45, 2.75) is 12.2 Å². The van der Waals surface area contributed by atoms with Crippen LogP contribution in [0.1, 0.15) is 11.6 Å². The quantitative estimate of drug-likeness (QED) is 0.774. The highest BCUT2D eigenvalue weighted by Crippen LogP contribution is 2.31. The highest BCUT2D eigenvalue weighted by Gasteiger charge is 2.37. The first-order valence-electron chi connectivity index (χ1n) is 3.52. The van der Waals surface area contributed by atoms with E-state index in [9.17, 15) is 13.2 Å². The van der Waals surface area contributed by atoms with E-state index < -0.39 is 12.2 Å². The van der Waals surface area contributed by atoms with Gasteiger partial charge in [-0.2, -0.15) is 13.2 Å².